The molecule has 0 saturated heterocycles. The number of rotatable bonds is 3. The van der Waals surface area contributed by atoms with Gasteiger partial charge in [0, 0.05) is 56.5 Å². The average Bonchev–Trinajstić information content (AvgIpc) is 3.13. The second-order valence-corrected chi connectivity index (χ2v) is 14.1. The Morgan fingerprint density at radius 1 is 0.475 bits per heavy atom. The van der Waals surface area contributed by atoms with E-state index in [0.717, 1.165) is 56.0 Å². The van der Waals surface area contributed by atoms with Crippen molar-refractivity contribution in [1.82, 2.24) is 24.9 Å². The van der Waals surface area contributed by atoms with Gasteiger partial charge in [0.15, 0.2) is 0 Å². The minimum absolute atomic E-state index is 0. The monoisotopic (exact) mass is 953 g/mol. The second kappa shape index (κ2) is 22.0. The summed E-state index contributed by atoms with van der Waals surface area (Å²) >= 11 is 0. The van der Waals surface area contributed by atoms with Gasteiger partial charge < -0.3 is 0 Å². The molecule has 0 aliphatic rings. The van der Waals surface area contributed by atoms with E-state index < -0.39 is 16.3 Å². The first kappa shape index (κ1) is 51.5. The molecule has 0 unspecified atom stereocenters. The standard InChI is InChI=1S/C23H15N3.C12H12N2.2C2H3N.F6P.F4P.Ru/c1-3-8-18-16(6-1)12-14-22(24-18)20-10-5-11-21(26-20)23-15-13-17-7-2-4-9-19(17)25-23;1-9-3-5-13-11(7-9)12-8-10(2)4-6-14-12;2*1-2-3;1-7(2,3,4,5)6;1-5(2,3)4;/h1-15H;3-8H,1-2H3;2*1H3;;;/q;;;;-1;+1;. The Morgan fingerprint density at radius 2 is 0.780 bits per heavy atom. The van der Waals surface area contributed by atoms with Crippen LogP contribution >= 0.6 is 16.3 Å². The van der Waals surface area contributed by atoms with E-state index in [9.17, 15) is 42.0 Å². The largest absolute Gasteiger partial charge is 0.246 e. The molecule has 0 fully saturated rings. The number of hydrogen-bond donors (Lipinski definition) is 0. The molecule has 0 aliphatic carbocycles. The molecule has 312 valence electrons. The molecule has 0 radical (unpaired) electrons. The molecule has 20 heteroatoms. The molecule has 0 amide bonds. The van der Waals surface area contributed by atoms with Gasteiger partial charge in [0.25, 0.3) is 0 Å². The Kier molecular flexibility index (Phi) is 19.2. The SMILES string of the molecule is CC#N.CC#N.Cc1ccnc(-c2cc(C)ccn2)c1.F[P+](F)(F)F.F[P-](F)(F)(F)(F)F.[Ru].c1cc(-c2ccc3ccccc3n2)nc(-c2ccc3ccccc3n2)c1. The molecule has 5 heterocycles. The Balaban J connectivity index is 0.000000443. The molecule has 7 aromatic rings. The Bertz CT molecular complexity index is 2350. The number of halogens is 10. The summed E-state index contributed by atoms with van der Waals surface area (Å²) in [5.41, 5.74) is 9.67. The molecule has 0 spiro atoms. The Morgan fingerprint density at radius 3 is 1.10 bits per heavy atom. The molecule has 0 bridgehead atoms. The second-order valence-electron chi connectivity index (χ2n) is 11.4. The Hall–Kier alpha value is -5.53. The molecule has 5 aromatic heterocycles. The van der Waals surface area contributed by atoms with Crippen LogP contribution < -0.4 is 0 Å². The number of nitriles is 2. The van der Waals surface area contributed by atoms with Crippen molar-refractivity contribution in [2.24, 2.45) is 0 Å². The minimum atomic E-state index is -10.7. The zero-order valence-corrected chi connectivity index (χ0v) is 34.8. The van der Waals surface area contributed by atoms with E-state index in [1.54, 1.807) is 12.1 Å². The van der Waals surface area contributed by atoms with Crippen LogP contribution in [0.2, 0.25) is 0 Å². The predicted molar refractivity (Wildman–Crippen MR) is 210 cm³/mol. The fourth-order valence-electron chi connectivity index (χ4n) is 4.49. The first-order chi connectivity index (χ1) is 26.9. The summed E-state index contributed by atoms with van der Waals surface area (Å²) < 4.78 is 98.4. The maximum absolute atomic E-state index is 10.7. The van der Waals surface area contributed by atoms with Gasteiger partial charge in [-0.25, -0.2) is 15.0 Å². The third kappa shape index (κ3) is 22.9. The zero-order valence-electron chi connectivity index (χ0n) is 31.3. The molecule has 0 aliphatic heterocycles. The van der Waals surface area contributed by atoms with Crippen molar-refractivity contribution < 1.29 is 61.4 Å². The van der Waals surface area contributed by atoms with Crippen LogP contribution in [0.4, 0.5) is 42.0 Å². The molecule has 0 saturated carbocycles. The molecule has 7 nitrogen and oxygen atoms in total. The molecule has 0 N–H and O–H groups in total. The quantitative estimate of drug-likeness (QED) is 0.0985. The topological polar surface area (TPSA) is 112 Å². The van der Waals surface area contributed by atoms with Crippen LogP contribution in [0.25, 0.3) is 56.0 Å². The molecule has 7 rings (SSSR count). The maximum Gasteiger partial charge on any atom is 0.0894 e. The van der Waals surface area contributed by atoms with Crippen molar-refractivity contribution in [3.8, 4) is 46.3 Å². The van der Waals surface area contributed by atoms with Gasteiger partial charge in [0.1, 0.15) is 0 Å². The summed E-state index contributed by atoms with van der Waals surface area (Å²) in [5.74, 6) is 0. The van der Waals surface area contributed by atoms with Crippen molar-refractivity contribution in [3.63, 3.8) is 0 Å². The number of aryl methyl sites for hydroxylation is 2. The van der Waals surface area contributed by atoms with Crippen molar-refractivity contribution in [3.05, 3.63) is 139 Å². The van der Waals surface area contributed by atoms with Crippen molar-refractivity contribution in [1.29, 1.82) is 10.5 Å². The molecular weight excluding hydrogens is 919 g/mol. The van der Waals surface area contributed by atoms with Crippen LogP contribution in [0.5, 0.6) is 0 Å². The summed E-state index contributed by atoms with van der Waals surface area (Å²) in [6, 6.07) is 42.0. The summed E-state index contributed by atoms with van der Waals surface area (Å²) in [5, 5.41) is 16.9. The third-order valence-electron chi connectivity index (χ3n) is 6.56. The van der Waals surface area contributed by atoms with E-state index in [1.807, 2.05) is 103 Å². The van der Waals surface area contributed by atoms with Gasteiger partial charge in [-0.1, -0.05) is 54.6 Å². The van der Waals surface area contributed by atoms with Crippen molar-refractivity contribution in [2.45, 2.75) is 27.7 Å². The fourth-order valence-corrected chi connectivity index (χ4v) is 4.49. The molecule has 0 atom stereocenters. The summed E-state index contributed by atoms with van der Waals surface area (Å²) in [7, 11) is -17.0. The van der Waals surface area contributed by atoms with Gasteiger partial charge in [0.05, 0.1) is 74.1 Å². The number of aromatic nitrogens is 5. The van der Waals surface area contributed by atoms with E-state index in [0.29, 0.717) is 0 Å². The maximum atomic E-state index is 9.87. The number of pyridine rings is 5. The van der Waals surface area contributed by atoms with Gasteiger partial charge in [-0.2, -0.15) is 10.5 Å². The van der Waals surface area contributed by atoms with E-state index in [2.05, 4.69) is 48.1 Å². The number of fused-ring (bicyclic) bond motifs is 2. The van der Waals surface area contributed by atoms with Crippen LogP contribution in [0.1, 0.15) is 25.0 Å². The van der Waals surface area contributed by atoms with Gasteiger partial charge >= 0.3 is 41.5 Å². The fraction of sp³-hybridized carbons (Fsp3) is 0.103. The van der Waals surface area contributed by atoms with E-state index in [-0.39, 0.29) is 19.5 Å². The first-order valence-electron chi connectivity index (χ1n) is 16.3. The summed E-state index contributed by atoms with van der Waals surface area (Å²) in [4.78, 5) is 22.9. The van der Waals surface area contributed by atoms with Gasteiger partial charge in [-0.3, -0.25) is 9.97 Å². The van der Waals surface area contributed by atoms with Crippen LogP contribution in [-0.2, 0) is 19.5 Å². The summed E-state index contributed by atoms with van der Waals surface area (Å²) in [6.45, 7) is 6.97. The van der Waals surface area contributed by atoms with Gasteiger partial charge in [0.2, 0.25) is 0 Å². The smallest absolute Gasteiger partial charge is 0.0894 e. The van der Waals surface area contributed by atoms with Crippen molar-refractivity contribution >= 4 is 38.1 Å². The van der Waals surface area contributed by atoms with E-state index in [1.165, 1.54) is 25.0 Å². The van der Waals surface area contributed by atoms with E-state index >= 15 is 0 Å². The predicted octanol–water partition coefficient (Wildman–Crippen LogP) is 15.3. The minimum Gasteiger partial charge on any atom is -0.246 e. The van der Waals surface area contributed by atoms with Crippen LogP contribution in [-0.4, -0.2) is 24.9 Å². The van der Waals surface area contributed by atoms with Crippen LogP contribution in [0.3, 0.4) is 0 Å². The van der Waals surface area contributed by atoms with Gasteiger partial charge in [-0.05, 0) is 85.6 Å². The van der Waals surface area contributed by atoms with Gasteiger partial charge in [-0.15, -0.1) is 0 Å². The summed E-state index contributed by atoms with van der Waals surface area (Å²) in [6.07, 6.45) is 3.63. The number of benzene rings is 2. The number of nitrogens with zero attached hydrogens (tertiary/aromatic N) is 7. The Labute approximate surface area is 346 Å². The molecule has 2 aromatic carbocycles. The molecule has 59 heavy (non-hydrogen) atoms. The normalized spacial score (nSPS) is 11.3. The van der Waals surface area contributed by atoms with Crippen LogP contribution in [0.15, 0.2) is 128 Å². The third-order valence-corrected chi connectivity index (χ3v) is 6.56. The average molecular weight is 953 g/mol. The van der Waals surface area contributed by atoms with E-state index in [4.69, 9.17) is 25.5 Å². The molecular formula is C39H33F10N7P2Ru. The van der Waals surface area contributed by atoms with Crippen LogP contribution in [0, 0.1) is 36.5 Å². The zero-order chi connectivity index (χ0) is 43.6. The number of hydrogen-bond acceptors (Lipinski definition) is 7. The number of para-hydroxylation sites is 2. The first-order valence-corrected chi connectivity index (χ1v) is 19.7. The van der Waals surface area contributed by atoms with Crippen molar-refractivity contribution in [2.75, 3.05) is 0 Å².